The van der Waals surface area contributed by atoms with Gasteiger partial charge in [-0.15, -0.1) is 0 Å². The first-order valence-electron chi connectivity index (χ1n) is 8.31. The molecule has 10 nitrogen and oxygen atoms in total. The van der Waals surface area contributed by atoms with Gasteiger partial charge in [0.1, 0.15) is 30.0 Å². The van der Waals surface area contributed by atoms with Crippen molar-refractivity contribution in [3.05, 3.63) is 82.9 Å². The summed E-state index contributed by atoms with van der Waals surface area (Å²) < 4.78 is 3.07. The monoisotopic (exact) mass is 378 g/mol. The van der Waals surface area contributed by atoms with Gasteiger partial charge in [0.25, 0.3) is 5.69 Å². The van der Waals surface area contributed by atoms with Crippen LogP contribution in [0.1, 0.15) is 11.6 Å². The summed E-state index contributed by atoms with van der Waals surface area (Å²) in [5.74, 6) is 1.32. The van der Waals surface area contributed by atoms with E-state index in [4.69, 9.17) is 5.73 Å². The van der Waals surface area contributed by atoms with Crippen LogP contribution in [0.15, 0.2) is 61.2 Å². The van der Waals surface area contributed by atoms with E-state index < -0.39 is 4.92 Å². The number of rotatable bonds is 3. The van der Waals surface area contributed by atoms with Gasteiger partial charge in [-0.1, -0.05) is 24.3 Å². The van der Waals surface area contributed by atoms with Crippen LogP contribution in [0.3, 0.4) is 0 Å². The number of para-hydroxylation sites is 4. The van der Waals surface area contributed by atoms with E-state index in [1.54, 1.807) is 36.1 Å². The fourth-order valence-electron chi connectivity index (χ4n) is 2.43. The maximum atomic E-state index is 10.7. The molecular weight excluding hydrogens is 360 g/mol. The van der Waals surface area contributed by atoms with Gasteiger partial charge in [-0.3, -0.25) is 10.1 Å². The molecule has 0 bridgehead atoms. The Balaban J connectivity index is 0.000000162. The third-order valence-corrected chi connectivity index (χ3v) is 3.72. The molecule has 142 valence electrons. The molecule has 0 aliphatic rings. The number of aryl methyl sites for hydroxylation is 2. The number of aromatic nitrogens is 6. The lowest BCUT2D eigenvalue weighted by Gasteiger charge is -2.02. The van der Waals surface area contributed by atoms with Crippen LogP contribution >= 0.6 is 0 Å². The third-order valence-electron chi connectivity index (χ3n) is 3.72. The molecule has 0 saturated carbocycles. The molecule has 28 heavy (non-hydrogen) atoms. The van der Waals surface area contributed by atoms with E-state index in [-0.39, 0.29) is 5.69 Å². The van der Waals surface area contributed by atoms with Crippen LogP contribution in [0, 0.1) is 24.0 Å². The zero-order chi connectivity index (χ0) is 20.1. The molecule has 0 aliphatic heterocycles. The van der Waals surface area contributed by atoms with Gasteiger partial charge in [0, 0.05) is 6.07 Å². The zero-order valence-corrected chi connectivity index (χ0v) is 15.3. The number of nitro groups is 1. The van der Waals surface area contributed by atoms with Gasteiger partial charge in [-0.25, -0.2) is 19.3 Å². The number of nitrogen functional groups attached to an aromatic ring is 1. The molecule has 4 rings (SSSR count). The van der Waals surface area contributed by atoms with Gasteiger partial charge >= 0.3 is 0 Å². The summed E-state index contributed by atoms with van der Waals surface area (Å²) in [7, 11) is 0. The highest BCUT2D eigenvalue weighted by Gasteiger charge is 2.14. The minimum Gasteiger partial charge on any atom is -0.397 e. The highest BCUT2D eigenvalue weighted by Crippen LogP contribution is 2.20. The van der Waals surface area contributed by atoms with Crippen molar-refractivity contribution in [2.45, 2.75) is 13.8 Å². The molecule has 4 aromatic rings. The second-order valence-corrected chi connectivity index (χ2v) is 5.78. The van der Waals surface area contributed by atoms with Crippen LogP contribution in [-0.2, 0) is 0 Å². The minimum atomic E-state index is -0.438. The van der Waals surface area contributed by atoms with Crippen molar-refractivity contribution in [2.24, 2.45) is 0 Å². The third kappa shape index (κ3) is 4.18. The smallest absolute Gasteiger partial charge is 0.294 e. The lowest BCUT2D eigenvalue weighted by atomic mass is 10.3. The van der Waals surface area contributed by atoms with Crippen LogP contribution in [0.25, 0.3) is 11.4 Å². The molecule has 0 atom stereocenters. The molecule has 0 aliphatic carbocycles. The average molecular weight is 378 g/mol. The Labute approximate surface area is 160 Å². The molecule has 0 amide bonds. The normalized spacial score (nSPS) is 10.2. The van der Waals surface area contributed by atoms with Crippen molar-refractivity contribution in [3.63, 3.8) is 0 Å². The Kier molecular flexibility index (Phi) is 5.40. The van der Waals surface area contributed by atoms with Crippen molar-refractivity contribution in [2.75, 3.05) is 5.73 Å². The maximum absolute atomic E-state index is 10.7. The second kappa shape index (κ2) is 8.08. The van der Waals surface area contributed by atoms with Gasteiger partial charge < -0.3 is 5.73 Å². The Morgan fingerprint density at radius 3 is 1.86 bits per heavy atom. The number of benzene rings is 2. The molecule has 2 heterocycles. The van der Waals surface area contributed by atoms with Crippen LogP contribution < -0.4 is 5.73 Å². The fourth-order valence-corrected chi connectivity index (χ4v) is 2.43. The molecular formula is C18H18N8O2. The number of hydrogen-bond acceptors (Lipinski definition) is 7. The first kappa shape index (κ1) is 18.7. The molecule has 0 spiro atoms. The second-order valence-electron chi connectivity index (χ2n) is 5.78. The Morgan fingerprint density at radius 2 is 1.36 bits per heavy atom. The lowest BCUT2D eigenvalue weighted by molar-refractivity contribution is -0.384. The van der Waals surface area contributed by atoms with Crippen molar-refractivity contribution in [1.29, 1.82) is 0 Å². The Bertz CT molecular complexity index is 1100. The van der Waals surface area contributed by atoms with Crippen LogP contribution in [-0.4, -0.2) is 34.5 Å². The summed E-state index contributed by atoms with van der Waals surface area (Å²) in [6.07, 6.45) is 3.11. The summed E-state index contributed by atoms with van der Waals surface area (Å²) >= 11 is 0. The van der Waals surface area contributed by atoms with E-state index >= 15 is 0 Å². The van der Waals surface area contributed by atoms with Gasteiger partial charge in [0.05, 0.1) is 16.3 Å². The molecule has 10 heteroatoms. The van der Waals surface area contributed by atoms with Crippen molar-refractivity contribution in [1.82, 2.24) is 29.5 Å². The molecule has 2 aromatic heterocycles. The first-order chi connectivity index (χ1) is 13.5. The highest BCUT2D eigenvalue weighted by molar-refractivity contribution is 5.56. The van der Waals surface area contributed by atoms with Gasteiger partial charge in [0.2, 0.25) is 0 Å². The van der Waals surface area contributed by atoms with Crippen LogP contribution in [0.5, 0.6) is 0 Å². The molecule has 0 saturated heterocycles. The quantitative estimate of drug-likeness (QED) is 0.329. The minimum absolute atomic E-state index is 0.0161. The maximum Gasteiger partial charge on any atom is 0.294 e. The van der Waals surface area contributed by atoms with E-state index in [9.17, 15) is 10.1 Å². The van der Waals surface area contributed by atoms with Crippen molar-refractivity contribution in [3.8, 4) is 11.4 Å². The van der Waals surface area contributed by atoms with Crippen LogP contribution in [0.4, 0.5) is 11.4 Å². The highest BCUT2D eigenvalue weighted by atomic mass is 16.6. The number of nitrogens with two attached hydrogens (primary N) is 1. The standard InChI is InChI=1S/C9H8N4O2.C9H10N4/c1-7-10-6-12(11-7)8-4-2-3-5-9(8)13(14)15;1-7-11-6-13(12-7)9-5-3-2-4-8(9)10/h2-6H,1H3;2-6H,10H2,1H3. The SMILES string of the molecule is Cc1ncn(-c2ccccc2N)n1.Cc1ncn(-c2ccccc2[N+](=O)[O-])n1. The molecule has 0 radical (unpaired) electrons. The zero-order valence-electron chi connectivity index (χ0n) is 15.3. The van der Waals surface area contributed by atoms with E-state index in [2.05, 4.69) is 20.2 Å². The summed E-state index contributed by atoms with van der Waals surface area (Å²) in [6.45, 7) is 3.57. The topological polar surface area (TPSA) is 131 Å². The van der Waals surface area contributed by atoms with Crippen molar-refractivity contribution < 1.29 is 4.92 Å². The van der Waals surface area contributed by atoms with Gasteiger partial charge in [-0.05, 0) is 32.0 Å². The van der Waals surface area contributed by atoms with E-state index in [0.29, 0.717) is 17.2 Å². The van der Waals surface area contributed by atoms with E-state index in [1.165, 1.54) is 17.1 Å². The van der Waals surface area contributed by atoms with Gasteiger partial charge in [-0.2, -0.15) is 10.2 Å². The average Bonchev–Trinajstić information content (AvgIpc) is 3.31. The summed E-state index contributed by atoms with van der Waals surface area (Å²) in [5, 5.41) is 18.9. The molecule has 0 fully saturated rings. The van der Waals surface area contributed by atoms with E-state index in [1.807, 2.05) is 31.2 Å². The first-order valence-corrected chi connectivity index (χ1v) is 8.31. The van der Waals surface area contributed by atoms with Crippen molar-refractivity contribution >= 4 is 11.4 Å². The summed E-state index contributed by atoms with van der Waals surface area (Å²) in [6, 6.07) is 14.0. The predicted molar refractivity (Wildman–Crippen MR) is 103 cm³/mol. The molecule has 2 aromatic carbocycles. The number of nitro benzene ring substituents is 1. The molecule has 0 unspecified atom stereocenters. The Morgan fingerprint density at radius 1 is 0.857 bits per heavy atom. The predicted octanol–water partition coefficient (Wildman–Crippen LogP) is 2.64. The summed E-state index contributed by atoms with van der Waals surface area (Å²) in [5.41, 5.74) is 7.77. The number of hydrogen-bond donors (Lipinski definition) is 1. The van der Waals surface area contributed by atoms with E-state index in [0.717, 1.165) is 11.5 Å². The number of nitrogens with zero attached hydrogens (tertiary/aromatic N) is 7. The Hall–Kier alpha value is -4.08. The summed E-state index contributed by atoms with van der Waals surface area (Å²) in [4.78, 5) is 18.3. The largest absolute Gasteiger partial charge is 0.397 e. The molecule has 2 N–H and O–H groups in total. The van der Waals surface area contributed by atoms with Gasteiger partial charge in [0.15, 0.2) is 0 Å². The van der Waals surface area contributed by atoms with Crippen LogP contribution in [0.2, 0.25) is 0 Å². The fraction of sp³-hybridized carbons (Fsp3) is 0.111. The lowest BCUT2D eigenvalue weighted by Crippen LogP contribution is -2.00. The number of anilines is 1.